The first kappa shape index (κ1) is 37.3. The van der Waals surface area contributed by atoms with E-state index in [0.29, 0.717) is 34.5 Å². The van der Waals surface area contributed by atoms with Gasteiger partial charge in [-0.15, -0.1) is 11.3 Å². The molecule has 0 saturated carbocycles. The Morgan fingerprint density at radius 3 is 2.34 bits per heavy atom. The Morgan fingerprint density at radius 1 is 0.868 bits per heavy atom. The third-order valence-electron chi connectivity index (χ3n) is 10.4. The Bertz CT molecular complexity index is 1930. The van der Waals surface area contributed by atoms with Crippen LogP contribution in [0.4, 0.5) is 27.4 Å². The Hall–Kier alpha value is -3.99. The molecule has 10 heteroatoms. The number of piperidine rings is 2. The third-order valence-corrected chi connectivity index (χ3v) is 12.9. The fourth-order valence-electron chi connectivity index (χ4n) is 7.36. The van der Waals surface area contributed by atoms with E-state index in [1.165, 1.54) is 68.5 Å². The maximum absolute atomic E-state index is 15.9. The summed E-state index contributed by atoms with van der Waals surface area (Å²) in [6.45, 7) is 14.4. The van der Waals surface area contributed by atoms with Crippen LogP contribution in [0.25, 0.3) is 21.8 Å². The SMILES string of the molecule is CCCSNc1cccc(-c2nc(C(C)(C)C)sc2-c2ccnc(Nc3ccc(C4CCN(CC5CCN(c6ccccc6)CC5)CC4)cc3)n2)c1F. The summed E-state index contributed by atoms with van der Waals surface area (Å²) < 4.78 is 19.1. The molecule has 2 aromatic heterocycles. The van der Waals surface area contributed by atoms with E-state index in [1.54, 1.807) is 29.7 Å². The minimum Gasteiger partial charge on any atom is -0.372 e. The standard InChI is InChI=1S/C43H52FN7S2/c1-5-28-52-49-36-13-9-12-35(38(36)44)39-40(53-41(48-39)43(2,3)4)37-18-23-45-42(47-37)46-33-16-14-31(15-17-33)32-21-24-50(25-22-32)29-30-19-26-51(27-20-30)34-10-7-6-8-11-34/h6-18,23,30,32,49H,5,19-22,24-29H2,1-4H3,(H,45,46,47). The first-order valence-electron chi connectivity index (χ1n) is 19.2. The van der Waals surface area contributed by atoms with Crippen LogP contribution < -0.4 is 14.9 Å². The minimum atomic E-state index is -0.305. The molecule has 278 valence electrons. The highest BCUT2D eigenvalue weighted by atomic mass is 32.2. The van der Waals surface area contributed by atoms with Gasteiger partial charge in [0.05, 0.1) is 27.0 Å². The molecule has 0 spiro atoms. The van der Waals surface area contributed by atoms with Gasteiger partial charge >= 0.3 is 0 Å². The van der Waals surface area contributed by atoms with Crippen LogP contribution in [0.2, 0.25) is 0 Å². The Kier molecular flexibility index (Phi) is 12.0. The molecule has 7 nitrogen and oxygen atoms in total. The lowest BCUT2D eigenvalue weighted by atomic mass is 9.88. The van der Waals surface area contributed by atoms with Crippen LogP contribution in [-0.2, 0) is 5.41 Å². The van der Waals surface area contributed by atoms with Gasteiger partial charge in [-0.3, -0.25) is 0 Å². The second-order valence-corrected chi connectivity index (χ2v) is 17.3. The van der Waals surface area contributed by atoms with Gasteiger partial charge in [0.25, 0.3) is 0 Å². The molecule has 53 heavy (non-hydrogen) atoms. The molecule has 2 N–H and O–H groups in total. The molecule has 0 aliphatic carbocycles. The van der Waals surface area contributed by atoms with Crippen LogP contribution >= 0.6 is 23.3 Å². The van der Waals surface area contributed by atoms with Crippen molar-refractivity contribution in [1.82, 2.24) is 19.9 Å². The van der Waals surface area contributed by atoms with Crippen molar-refractivity contribution >= 4 is 46.3 Å². The van der Waals surface area contributed by atoms with Crippen molar-refractivity contribution in [3.05, 3.63) is 101 Å². The van der Waals surface area contributed by atoms with Gasteiger partial charge in [0.15, 0.2) is 5.82 Å². The monoisotopic (exact) mass is 749 g/mol. The maximum Gasteiger partial charge on any atom is 0.227 e. The number of likely N-dealkylation sites (tertiary alicyclic amines) is 1. The van der Waals surface area contributed by atoms with E-state index in [2.05, 4.69) is 107 Å². The van der Waals surface area contributed by atoms with Crippen molar-refractivity contribution in [2.45, 2.75) is 71.1 Å². The van der Waals surface area contributed by atoms with Crippen LogP contribution in [-0.4, -0.2) is 58.3 Å². The van der Waals surface area contributed by atoms with Crippen molar-refractivity contribution in [2.24, 2.45) is 5.92 Å². The highest BCUT2D eigenvalue weighted by molar-refractivity contribution is 8.00. The number of anilines is 4. The van der Waals surface area contributed by atoms with Crippen molar-refractivity contribution in [2.75, 3.05) is 53.4 Å². The number of benzene rings is 3. The van der Waals surface area contributed by atoms with E-state index >= 15 is 4.39 Å². The van der Waals surface area contributed by atoms with Gasteiger partial charge in [-0.05, 0) is 105 Å². The number of thiazole rings is 1. The number of para-hydroxylation sites is 1. The third kappa shape index (κ3) is 9.22. The van der Waals surface area contributed by atoms with Crippen molar-refractivity contribution < 1.29 is 4.39 Å². The van der Waals surface area contributed by atoms with Crippen LogP contribution in [0, 0.1) is 11.7 Å². The summed E-state index contributed by atoms with van der Waals surface area (Å²) in [6.07, 6.45) is 7.73. The van der Waals surface area contributed by atoms with E-state index in [4.69, 9.17) is 9.97 Å². The zero-order valence-corrected chi connectivity index (χ0v) is 33.1. The molecule has 2 saturated heterocycles. The number of rotatable bonds is 12. The summed E-state index contributed by atoms with van der Waals surface area (Å²) in [5.41, 5.74) is 5.76. The second kappa shape index (κ2) is 17.0. The van der Waals surface area contributed by atoms with E-state index < -0.39 is 0 Å². The lowest BCUT2D eigenvalue weighted by Gasteiger charge is -2.38. The summed E-state index contributed by atoms with van der Waals surface area (Å²) in [7, 11) is 0. The number of hydrogen-bond acceptors (Lipinski definition) is 9. The number of halogens is 1. The molecule has 2 fully saturated rings. The number of nitrogens with zero attached hydrogens (tertiary/aromatic N) is 5. The molecule has 0 bridgehead atoms. The van der Waals surface area contributed by atoms with Gasteiger partial charge in [-0.25, -0.2) is 19.3 Å². The Morgan fingerprint density at radius 2 is 1.62 bits per heavy atom. The van der Waals surface area contributed by atoms with Gasteiger partial charge in [0, 0.05) is 53.9 Å². The van der Waals surface area contributed by atoms with Gasteiger partial charge in [-0.2, -0.15) is 0 Å². The number of nitrogens with one attached hydrogen (secondary N) is 2. The summed E-state index contributed by atoms with van der Waals surface area (Å²) in [6, 6.07) is 27.0. The van der Waals surface area contributed by atoms with Crippen molar-refractivity contribution in [3.8, 4) is 21.8 Å². The minimum absolute atomic E-state index is 0.200. The van der Waals surface area contributed by atoms with Gasteiger partial charge in [0.1, 0.15) is 0 Å². The van der Waals surface area contributed by atoms with Gasteiger partial charge in [0.2, 0.25) is 5.95 Å². The summed E-state index contributed by atoms with van der Waals surface area (Å²) in [4.78, 5) is 20.5. The molecule has 0 radical (unpaired) electrons. The Labute approximate surface area is 323 Å². The summed E-state index contributed by atoms with van der Waals surface area (Å²) >= 11 is 3.08. The molecule has 0 atom stereocenters. The molecule has 0 amide bonds. The van der Waals surface area contributed by atoms with E-state index in [9.17, 15) is 0 Å². The quantitative estimate of drug-likeness (QED) is 0.0965. The van der Waals surface area contributed by atoms with Gasteiger partial charge in [-0.1, -0.05) is 76.0 Å². The lowest BCUT2D eigenvalue weighted by Crippen LogP contribution is -2.41. The largest absolute Gasteiger partial charge is 0.372 e. The van der Waals surface area contributed by atoms with E-state index in [0.717, 1.165) is 46.8 Å². The second-order valence-electron chi connectivity index (χ2n) is 15.4. The van der Waals surface area contributed by atoms with Crippen LogP contribution in [0.15, 0.2) is 85.1 Å². The first-order chi connectivity index (χ1) is 25.7. The molecule has 0 unspecified atom stereocenters. The summed E-state index contributed by atoms with van der Waals surface area (Å²) in [5.74, 6) is 2.47. The topological polar surface area (TPSA) is 69.2 Å². The molecule has 4 heterocycles. The fraction of sp³-hybridized carbons (Fsp3) is 0.419. The lowest BCUT2D eigenvalue weighted by molar-refractivity contribution is 0.170. The highest BCUT2D eigenvalue weighted by Gasteiger charge is 2.27. The molecule has 2 aliphatic heterocycles. The zero-order valence-electron chi connectivity index (χ0n) is 31.4. The normalized spacial score (nSPS) is 16.2. The van der Waals surface area contributed by atoms with Crippen molar-refractivity contribution in [1.29, 1.82) is 0 Å². The van der Waals surface area contributed by atoms with Crippen molar-refractivity contribution in [3.63, 3.8) is 0 Å². The Balaban J connectivity index is 0.979. The number of aromatic nitrogens is 3. The summed E-state index contributed by atoms with van der Waals surface area (Å²) in [5, 5.41) is 4.35. The van der Waals surface area contributed by atoms with Crippen LogP contribution in [0.3, 0.4) is 0 Å². The van der Waals surface area contributed by atoms with E-state index in [1.807, 2.05) is 12.1 Å². The smallest absolute Gasteiger partial charge is 0.227 e. The molecule has 5 aromatic rings. The highest BCUT2D eigenvalue weighted by Crippen LogP contribution is 2.42. The maximum atomic E-state index is 15.9. The molecule has 7 rings (SSSR count). The molecular formula is C43H52FN7S2. The van der Waals surface area contributed by atoms with E-state index in [-0.39, 0.29) is 11.2 Å². The zero-order chi connectivity index (χ0) is 36.8. The fourth-order valence-corrected chi connectivity index (χ4v) is 9.09. The average Bonchev–Trinajstić information content (AvgIpc) is 3.64. The van der Waals surface area contributed by atoms with Crippen LogP contribution in [0.1, 0.15) is 76.3 Å². The van der Waals surface area contributed by atoms with Gasteiger partial charge < -0.3 is 19.8 Å². The van der Waals surface area contributed by atoms with Crippen LogP contribution in [0.5, 0.6) is 0 Å². The molecular weight excluding hydrogens is 698 g/mol. The number of hydrogen-bond donors (Lipinski definition) is 2. The molecule has 2 aliphatic rings. The first-order valence-corrected chi connectivity index (χ1v) is 21.0. The average molecular weight is 750 g/mol. The molecule has 3 aromatic carbocycles. The predicted octanol–water partition coefficient (Wildman–Crippen LogP) is 11.0. The predicted molar refractivity (Wildman–Crippen MR) is 223 cm³/mol.